The molecule has 1 aliphatic heterocycles. The Morgan fingerprint density at radius 3 is 2.85 bits per heavy atom. The van der Waals surface area contributed by atoms with Crippen molar-refractivity contribution in [1.29, 1.82) is 0 Å². The summed E-state index contributed by atoms with van der Waals surface area (Å²) in [6.07, 6.45) is 5.72. The molecule has 0 saturated carbocycles. The number of nitrogens with one attached hydrogen (secondary N) is 1. The molecule has 102 valence electrons. The molecule has 0 fully saturated rings. The Morgan fingerprint density at radius 2 is 1.95 bits per heavy atom. The van der Waals surface area contributed by atoms with Crippen LogP contribution in [0.3, 0.4) is 0 Å². The average molecular weight is 268 g/mol. The third-order valence-corrected chi connectivity index (χ3v) is 4.53. The van der Waals surface area contributed by atoms with Crippen LogP contribution >= 0.6 is 0 Å². The second kappa shape index (κ2) is 4.21. The Bertz CT molecular complexity index is 684. The van der Waals surface area contributed by atoms with Crippen LogP contribution in [-0.2, 0) is 13.0 Å². The first kappa shape index (κ1) is 11.7. The standard InChI is InChI=1S/C16H16N2O2/c19-14-5-9-1-2-13-16(11(9)6-15(14)20)12-8-17-4-3-10(12)7-18-13/h3-6,8,13,16,18-20H,1-2,7H2/t13-,16+/m1/s1. The summed E-state index contributed by atoms with van der Waals surface area (Å²) in [5.41, 5.74) is 4.74. The van der Waals surface area contributed by atoms with Gasteiger partial charge in [0.2, 0.25) is 0 Å². The minimum atomic E-state index is -0.0413. The molecule has 0 radical (unpaired) electrons. The summed E-state index contributed by atoms with van der Waals surface area (Å²) < 4.78 is 0. The largest absolute Gasteiger partial charge is 0.504 e. The fourth-order valence-corrected chi connectivity index (χ4v) is 3.56. The zero-order valence-corrected chi connectivity index (χ0v) is 11.0. The van der Waals surface area contributed by atoms with Gasteiger partial charge in [0.1, 0.15) is 0 Å². The third-order valence-electron chi connectivity index (χ3n) is 4.53. The fourth-order valence-electron chi connectivity index (χ4n) is 3.56. The molecule has 2 heterocycles. The fraction of sp³-hybridized carbons (Fsp3) is 0.312. The van der Waals surface area contributed by atoms with Crippen molar-refractivity contribution < 1.29 is 10.2 Å². The van der Waals surface area contributed by atoms with Crippen LogP contribution in [0, 0.1) is 0 Å². The molecule has 4 nitrogen and oxygen atoms in total. The SMILES string of the molecule is Oc1cc2c(cc1O)[C@H]1c3cnccc3CN[C@@H]1CC2. The van der Waals surface area contributed by atoms with Gasteiger partial charge < -0.3 is 15.5 Å². The van der Waals surface area contributed by atoms with Crippen molar-refractivity contribution in [3.8, 4) is 11.5 Å². The molecular weight excluding hydrogens is 252 g/mol. The Morgan fingerprint density at radius 1 is 1.10 bits per heavy atom. The highest BCUT2D eigenvalue weighted by Crippen LogP contribution is 2.43. The number of phenolic OH excluding ortho intramolecular Hbond substituents is 2. The van der Waals surface area contributed by atoms with Crippen LogP contribution in [0.5, 0.6) is 11.5 Å². The first-order valence-electron chi connectivity index (χ1n) is 6.95. The molecule has 3 N–H and O–H groups in total. The van der Waals surface area contributed by atoms with Crippen LogP contribution in [0.15, 0.2) is 30.6 Å². The zero-order valence-electron chi connectivity index (χ0n) is 11.0. The second-order valence-electron chi connectivity index (χ2n) is 5.62. The average Bonchev–Trinajstić information content (AvgIpc) is 2.48. The number of hydrogen-bond donors (Lipinski definition) is 3. The normalized spacial score (nSPS) is 23.6. The van der Waals surface area contributed by atoms with E-state index < -0.39 is 0 Å². The van der Waals surface area contributed by atoms with Gasteiger partial charge in [0.05, 0.1) is 0 Å². The van der Waals surface area contributed by atoms with E-state index in [0.717, 1.165) is 30.5 Å². The van der Waals surface area contributed by atoms with Crippen LogP contribution in [0.2, 0.25) is 0 Å². The molecule has 2 aliphatic rings. The van der Waals surface area contributed by atoms with Crippen LogP contribution in [0.1, 0.15) is 34.6 Å². The van der Waals surface area contributed by atoms with Gasteiger partial charge in [0.25, 0.3) is 0 Å². The van der Waals surface area contributed by atoms with E-state index in [0.29, 0.717) is 6.04 Å². The number of hydrogen-bond acceptors (Lipinski definition) is 4. The van der Waals surface area contributed by atoms with Gasteiger partial charge in [-0.1, -0.05) is 0 Å². The summed E-state index contributed by atoms with van der Waals surface area (Å²) in [7, 11) is 0. The van der Waals surface area contributed by atoms with Crippen LogP contribution in [-0.4, -0.2) is 21.2 Å². The summed E-state index contributed by atoms with van der Waals surface area (Å²) in [4.78, 5) is 4.26. The number of aromatic nitrogens is 1. The van der Waals surface area contributed by atoms with E-state index in [4.69, 9.17) is 0 Å². The lowest BCUT2D eigenvalue weighted by molar-refractivity contribution is 0.379. The molecule has 20 heavy (non-hydrogen) atoms. The first-order valence-corrected chi connectivity index (χ1v) is 6.95. The van der Waals surface area contributed by atoms with Gasteiger partial charge in [0, 0.05) is 30.9 Å². The summed E-state index contributed by atoms with van der Waals surface area (Å²) in [6, 6.07) is 5.84. The van der Waals surface area contributed by atoms with Gasteiger partial charge >= 0.3 is 0 Å². The first-order chi connectivity index (χ1) is 9.74. The zero-order chi connectivity index (χ0) is 13.7. The number of rotatable bonds is 0. The van der Waals surface area contributed by atoms with Crippen molar-refractivity contribution in [3.63, 3.8) is 0 Å². The van der Waals surface area contributed by atoms with Crippen molar-refractivity contribution >= 4 is 0 Å². The van der Waals surface area contributed by atoms with E-state index in [1.54, 1.807) is 12.1 Å². The molecule has 0 unspecified atom stereocenters. The van der Waals surface area contributed by atoms with Crippen molar-refractivity contribution in [2.24, 2.45) is 0 Å². The molecule has 4 heteroatoms. The number of fused-ring (bicyclic) bond motifs is 5. The molecule has 4 rings (SSSR count). The Balaban J connectivity index is 1.92. The smallest absolute Gasteiger partial charge is 0.157 e. The third kappa shape index (κ3) is 1.61. The van der Waals surface area contributed by atoms with Crippen molar-refractivity contribution in [1.82, 2.24) is 10.3 Å². The van der Waals surface area contributed by atoms with Gasteiger partial charge in [-0.15, -0.1) is 0 Å². The molecule has 0 bridgehead atoms. The monoisotopic (exact) mass is 268 g/mol. The molecule has 1 aromatic carbocycles. The van der Waals surface area contributed by atoms with Crippen LogP contribution in [0.4, 0.5) is 0 Å². The lowest BCUT2D eigenvalue weighted by Gasteiger charge is -2.39. The van der Waals surface area contributed by atoms with Crippen LogP contribution < -0.4 is 5.32 Å². The maximum Gasteiger partial charge on any atom is 0.157 e. The second-order valence-corrected chi connectivity index (χ2v) is 5.62. The molecule has 2 aromatic rings. The molecule has 0 saturated heterocycles. The highest BCUT2D eigenvalue weighted by atomic mass is 16.3. The molecule has 1 aliphatic carbocycles. The number of benzene rings is 1. The summed E-state index contributed by atoms with van der Waals surface area (Å²) in [5.74, 6) is 0.139. The summed E-state index contributed by atoms with van der Waals surface area (Å²) >= 11 is 0. The lowest BCUT2D eigenvalue weighted by atomic mass is 9.73. The lowest BCUT2D eigenvalue weighted by Crippen LogP contribution is -2.42. The molecule has 1 aromatic heterocycles. The quantitative estimate of drug-likeness (QED) is 0.640. The molecule has 2 atom stereocenters. The van der Waals surface area contributed by atoms with E-state index in [9.17, 15) is 10.2 Å². The molecule has 0 spiro atoms. The minimum absolute atomic E-state index is 0.0302. The van der Waals surface area contributed by atoms with Crippen molar-refractivity contribution in [2.45, 2.75) is 31.3 Å². The maximum atomic E-state index is 9.83. The van der Waals surface area contributed by atoms with Gasteiger partial charge in [-0.3, -0.25) is 4.98 Å². The minimum Gasteiger partial charge on any atom is -0.504 e. The molecular formula is C16H16N2O2. The van der Waals surface area contributed by atoms with Gasteiger partial charge in [-0.25, -0.2) is 0 Å². The van der Waals surface area contributed by atoms with Gasteiger partial charge in [-0.05, 0) is 53.3 Å². The maximum absolute atomic E-state index is 9.83. The number of phenols is 2. The van der Waals surface area contributed by atoms with E-state index >= 15 is 0 Å². The van der Waals surface area contributed by atoms with E-state index in [1.165, 1.54) is 11.1 Å². The Labute approximate surface area is 117 Å². The number of aryl methyl sites for hydroxylation is 1. The van der Waals surface area contributed by atoms with Crippen molar-refractivity contribution in [2.75, 3.05) is 0 Å². The van der Waals surface area contributed by atoms with Gasteiger partial charge in [-0.2, -0.15) is 0 Å². The van der Waals surface area contributed by atoms with E-state index in [-0.39, 0.29) is 17.4 Å². The summed E-state index contributed by atoms with van der Waals surface area (Å²) in [6.45, 7) is 0.873. The highest BCUT2D eigenvalue weighted by molar-refractivity contribution is 5.52. The number of pyridine rings is 1. The summed E-state index contributed by atoms with van der Waals surface area (Å²) in [5, 5.41) is 23.1. The predicted octanol–water partition coefficient (Wildman–Crippen LogP) is 2.04. The van der Waals surface area contributed by atoms with Crippen molar-refractivity contribution in [3.05, 3.63) is 52.8 Å². The number of aromatic hydroxyl groups is 2. The molecule has 0 amide bonds. The van der Waals surface area contributed by atoms with Gasteiger partial charge in [0.15, 0.2) is 11.5 Å². The Kier molecular flexibility index (Phi) is 2.47. The van der Waals surface area contributed by atoms with E-state index in [2.05, 4.69) is 10.3 Å². The number of nitrogens with zero attached hydrogens (tertiary/aromatic N) is 1. The van der Waals surface area contributed by atoms with E-state index in [1.807, 2.05) is 18.5 Å². The topological polar surface area (TPSA) is 65.4 Å². The van der Waals surface area contributed by atoms with Crippen LogP contribution in [0.25, 0.3) is 0 Å². The highest BCUT2D eigenvalue weighted by Gasteiger charge is 2.35. The Hall–Kier alpha value is -2.07. The predicted molar refractivity (Wildman–Crippen MR) is 74.8 cm³/mol.